The van der Waals surface area contributed by atoms with Crippen LogP contribution in [0.25, 0.3) is 0 Å². The first-order chi connectivity index (χ1) is 11.2. The Morgan fingerprint density at radius 3 is 2.54 bits per heavy atom. The van der Waals surface area contributed by atoms with E-state index in [1.807, 2.05) is 0 Å². The molecule has 1 unspecified atom stereocenters. The summed E-state index contributed by atoms with van der Waals surface area (Å²) in [4.78, 5) is 22.2. The molecule has 0 saturated carbocycles. The average Bonchev–Trinajstić information content (AvgIpc) is 2.48. The molecular weight excluding hydrogens is 351 g/mol. The van der Waals surface area contributed by atoms with Gasteiger partial charge in [0, 0.05) is 19.1 Å². The van der Waals surface area contributed by atoms with Gasteiger partial charge < -0.3 is 15.4 Å². The largest absolute Gasteiger partial charge is 0.483 e. The molecule has 0 fully saturated rings. The van der Waals surface area contributed by atoms with Crippen molar-refractivity contribution >= 4 is 35.1 Å². The number of carbonyl (C=O) groups excluding carboxylic acids is 1. The zero-order valence-electron chi connectivity index (χ0n) is 13.8. The zero-order valence-corrected chi connectivity index (χ0v) is 15.3. The van der Waals surface area contributed by atoms with E-state index in [2.05, 4.69) is 9.97 Å². The number of ether oxygens (including phenoxy) is 1. The number of nitrogens with zero attached hydrogens (tertiary/aromatic N) is 3. The van der Waals surface area contributed by atoms with Crippen molar-refractivity contribution in [1.82, 2.24) is 14.9 Å². The first-order valence-corrected chi connectivity index (χ1v) is 7.93. The topological polar surface area (TPSA) is 81.3 Å². The van der Waals surface area contributed by atoms with Crippen LogP contribution in [0.4, 0.5) is 5.95 Å². The highest BCUT2D eigenvalue weighted by Gasteiger charge is 2.25. The minimum atomic E-state index is -0.563. The van der Waals surface area contributed by atoms with Gasteiger partial charge in [-0.2, -0.15) is 0 Å². The van der Waals surface area contributed by atoms with E-state index < -0.39 is 6.10 Å². The molecule has 1 aromatic heterocycles. The summed E-state index contributed by atoms with van der Waals surface area (Å²) < 4.78 is 5.86. The Morgan fingerprint density at radius 1 is 1.29 bits per heavy atom. The number of aryl methyl sites for hydroxylation is 1. The van der Waals surface area contributed by atoms with Crippen molar-refractivity contribution in [2.45, 2.75) is 20.0 Å². The van der Waals surface area contributed by atoms with E-state index in [9.17, 15) is 4.79 Å². The van der Waals surface area contributed by atoms with Crippen molar-refractivity contribution in [3.63, 3.8) is 0 Å². The molecule has 0 bridgehead atoms. The normalized spacial score (nSPS) is 11.9. The van der Waals surface area contributed by atoms with E-state index in [0.717, 1.165) is 0 Å². The van der Waals surface area contributed by atoms with E-state index in [-0.39, 0.29) is 11.9 Å². The third kappa shape index (κ3) is 3.88. The van der Waals surface area contributed by atoms with Crippen LogP contribution in [0.1, 0.15) is 34.8 Å². The van der Waals surface area contributed by atoms with E-state index in [4.69, 9.17) is 33.7 Å². The Balaban J connectivity index is 2.44. The fourth-order valence-corrected chi connectivity index (χ4v) is 2.67. The third-order valence-electron chi connectivity index (χ3n) is 3.34. The lowest BCUT2D eigenvalue weighted by atomic mass is 10.1. The number of benzene rings is 1. The third-order valence-corrected chi connectivity index (χ3v) is 3.87. The van der Waals surface area contributed by atoms with E-state index in [0.29, 0.717) is 32.7 Å². The number of hydrogen-bond donors (Lipinski definition) is 1. The Morgan fingerprint density at radius 2 is 1.96 bits per heavy atom. The van der Waals surface area contributed by atoms with Crippen molar-refractivity contribution in [2.75, 3.05) is 19.8 Å². The summed E-state index contributed by atoms with van der Waals surface area (Å²) in [5.74, 6) is 0.294. The highest BCUT2D eigenvalue weighted by Crippen LogP contribution is 2.32. The van der Waals surface area contributed by atoms with Crippen LogP contribution in [0.5, 0.6) is 5.75 Å². The lowest BCUT2D eigenvalue weighted by Gasteiger charge is -2.21. The summed E-state index contributed by atoms with van der Waals surface area (Å²) in [7, 11) is 3.31. The number of nitrogens with two attached hydrogens (primary N) is 1. The summed E-state index contributed by atoms with van der Waals surface area (Å²) in [6.45, 7) is 3.47. The maximum atomic E-state index is 12.5. The summed E-state index contributed by atoms with van der Waals surface area (Å²) in [6.07, 6.45) is -0.563. The molecule has 0 saturated heterocycles. The molecule has 2 N–H and O–H groups in total. The van der Waals surface area contributed by atoms with Crippen LogP contribution in [-0.4, -0.2) is 34.9 Å². The maximum absolute atomic E-state index is 12.5. The van der Waals surface area contributed by atoms with Crippen LogP contribution in [0, 0.1) is 6.92 Å². The number of anilines is 1. The molecule has 8 heteroatoms. The summed E-state index contributed by atoms with van der Waals surface area (Å²) in [6, 6.07) is 4.91. The van der Waals surface area contributed by atoms with Crippen molar-refractivity contribution < 1.29 is 9.53 Å². The molecule has 0 aliphatic rings. The van der Waals surface area contributed by atoms with Crippen LogP contribution in [0.2, 0.25) is 10.0 Å². The molecule has 0 aliphatic heterocycles. The van der Waals surface area contributed by atoms with Crippen molar-refractivity contribution in [1.29, 1.82) is 0 Å². The number of nitrogen functional groups attached to an aromatic ring is 1. The predicted molar refractivity (Wildman–Crippen MR) is 94.7 cm³/mol. The second-order valence-corrected chi connectivity index (χ2v) is 6.31. The number of halogens is 2. The average molecular weight is 369 g/mol. The monoisotopic (exact) mass is 368 g/mol. The molecule has 1 amide bonds. The van der Waals surface area contributed by atoms with Crippen molar-refractivity contribution in [3.05, 3.63) is 45.2 Å². The van der Waals surface area contributed by atoms with Gasteiger partial charge in [-0.05, 0) is 32.0 Å². The fourth-order valence-electron chi connectivity index (χ4n) is 2.22. The molecule has 1 aromatic carbocycles. The lowest BCUT2D eigenvalue weighted by molar-refractivity contribution is 0.0820. The highest BCUT2D eigenvalue weighted by molar-refractivity contribution is 6.35. The second-order valence-electron chi connectivity index (χ2n) is 5.46. The molecule has 1 heterocycles. The second kappa shape index (κ2) is 7.23. The van der Waals surface area contributed by atoms with Gasteiger partial charge in [0.15, 0.2) is 0 Å². The van der Waals surface area contributed by atoms with Gasteiger partial charge in [-0.1, -0.05) is 23.2 Å². The van der Waals surface area contributed by atoms with E-state index in [1.165, 1.54) is 4.90 Å². The van der Waals surface area contributed by atoms with Gasteiger partial charge in [0.1, 0.15) is 11.9 Å². The van der Waals surface area contributed by atoms with Gasteiger partial charge >= 0.3 is 0 Å². The van der Waals surface area contributed by atoms with Crippen LogP contribution < -0.4 is 10.5 Å². The first-order valence-electron chi connectivity index (χ1n) is 7.18. The number of rotatable bonds is 4. The molecule has 0 aliphatic carbocycles. The fraction of sp³-hybridized carbons (Fsp3) is 0.312. The maximum Gasteiger partial charge on any atom is 0.257 e. The van der Waals surface area contributed by atoms with Gasteiger partial charge in [0.25, 0.3) is 5.91 Å². The molecule has 6 nitrogen and oxygen atoms in total. The minimum absolute atomic E-state index is 0.0791. The molecule has 2 aromatic rings. The highest BCUT2D eigenvalue weighted by atomic mass is 35.5. The first kappa shape index (κ1) is 18.3. The molecule has 0 radical (unpaired) electrons. The Hall–Kier alpha value is -2.05. The van der Waals surface area contributed by atoms with E-state index in [1.54, 1.807) is 46.1 Å². The minimum Gasteiger partial charge on any atom is -0.483 e. The van der Waals surface area contributed by atoms with Crippen LogP contribution in [0.15, 0.2) is 18.2 Å². The molecule has 0 spiro atoms. The quantitative estimate of drug-likeness (QED) is 0.892. The number of aromatic nitrogens is 2. The van der Waals surface area contributed by atoms with Gasteiger partial charge in [-0.15, -0.1) is 0 Å². The van der Waals surface area contributed by atoms with Crippen LogP contribution >= 0.6 is 23.2 Å². The number of hydrogen-bond acceptors (Lipinski definition) is 5. The van der Waals surface area contributed by atoms with Crippen molar-refractivity contribution in [3.8, 4) is 5.75 Å². The number of amides is 1. The summed E-state index contributed by atoms with van der Waals surface area (Å²) in [5.41, 5.74) is 7.01. The smallest absolute Gasteiger partial charge is 0.257 e. The van der Waals surface area contributed by atoms with Crippen LogP contribution in [0.3, 0.4) is 0 Å². The van der Waals surface area contributed by atoms with Gasteiger partial charge in [-0.3, -0.25) is 4.79 Å². The zero-order chi connectivity index (χ0) is 18.0. The standard InChI is InChI=1S/C16H18Cl2N4O2/c1-8-13(15(23)22(3)4)14(21-16(19)20-8)9(2)24-12-6-5-10(17)7-11(12)18/h5-7,9H,1-4H3,(H2,19,20,21). The van der Waals surface area contributed by atoms with Crippen molar-refractivity contribution in [2.24, 2.45) is 0 Å². The molecule has 1 atom stereocenters. The number of carbonyl (C=O) groups is 1. The van der Waals surface area contributed by atoms with Crippen LogP contribution in [-0.2, 0) is 0 Å². The lowest BCUT2D eigenvalue weighted by Crippen LogP contribution is -2.27. The molecule has 24 heavy (non-hydrogen) atoms. The Labute approximate surface area is 150 Å². The summed E-state index contributed by atoms with van der Waals surface area (Å²) >= 11 is 12.0. The predicted octanol–water partition coefficient (Wildman–Crippen LogP) is 3.52. The summed E-state index contributed by atoms with van der Waals surface area (Å²) in [5, 5.41) is 0.874. The van der Waals surface area contributed by atoms with Gasteiger partial charge in [-0.25, -0.2) is 9.97 Å². The van der Waals surface area contributed by atoms with Gasteiger partial charge in [0.2, 0.25) is 5.95 Å². The Kier molecular flexibility index (Phi) is 5.51. The molecule has 2 rings (SSSR count). The Bertz CT molecular complexity index is 781. The SMILES string of the molecule is Cc1nc(N)nc(C(C)Oc2ccc(Cl)cc2Cl)c1C(=O)N(C)C. The van der Waals surface area contributed by atoms with E-state index >= 15 is 0 Å². The molecule has 128 valence electrons. The van der Waals surface area contributed by atoms with Gasteiger partial charge in [0.05, 0.1) is 22.0 Å². The molecular formula is C16H18Cl2N4O2.